The van der Waals surface area contributed by atoms with Gasteiger partial charge in [-0.15, -0.1) is 0 Å². The zero-order valence-electron chi connectivity index (χ0n) is 37.9. The van der Waals surface area contributed by atoms with Crippen molar-refractivity contribution in [2.75, 3.05) is 0 Å². The number of hydrogen-bond donors (Lipinski definition) is 0. The average Bonchev–Trinajstić information content (AvgIpc) is 4.22. The summed E-state index contributed by atoms with van der Waals surface area (Å²) in [6.07, 6.45) is 0. The molecule has 3 aromatic heterocycles. The molecular formula is C67H40N2O. The molecule has 0 unspecified atom stereocenters. The van der Waals surface area contributed by atoms with Crippen molar-refractivity contribution in [1.82, 2.24) is 9.13 Å². The van der Waals surface area contributed by atoms with E-state index in [1.165, 1.54) is 93.7 Å². The molecule has 2 aliphatic carbocycles. The first-order chi connectivity index (χ1) is 34.7. The molecular weight excluding hydrogens is 849 g/mol. The van der Waals surface area contributed by atoms with E-state index < -0.39 is 5.41 Å². The lowest BCUT2D eigenvalue weighted by molar-refractivity contribution is 0.669. The SMILES string of the molecule is c1ccc(-n2c3ccccc3c3cc(-c4cccc5oc6ccc(-c7ccc8c(c7)c7ccc9c(c7n8-c7ccccc7)-c7ccccc7C97c8ccccc8-c8ccccc87)cc6c45)ccc32)cc1. The quantitative estimate of drug-likeness (QED) is 0.173. The molecule has 0 saturated heterocycles. The van der Waals surface area contributed by atoms with Gasteiger partial charge in [0.15, 0.2) is 0 Å². The maximum absolute atomic E-state index is 6.65. The van der Waals surface area contributed by atoms with Crippen molar-refractivity contribution in [2.24, 2.45) is 0 Å². The highest BCUT2D eigenvalue weighted by Gasteiger charge is 2.52. The number of aromatic nitrogens is 2. The molecule has 3 heterocycles. The summed E-state index contributed by atoms with van der Waals surface area (Å²) in [5.41, 5.74) is 23.7. The fraction of sp³-hybridized carbons (Fsp3) is 0.0149. The van der Waals surface area contributed by atoms with Crippen molar-refractivity contribution in [1.29, 1.82) is 0 Å². The summed E-state index contributed by atoms with van der Waals surface area (Å²) in [6, 6.07) is 89.6. The Morgan fingerprint density at radius 2 is 0.829 bits per heavy atom. The molecule has 1 spiro atoms. The van der Waals surface area contributed by atoms with Gasteiger partial charge in [0.1, 0.15) is 11.2 Å². The summed E-state index contributed by atoms with van der Waals surface area (Å²) in [5, 5.41) is 7.18. The Balaban J connectivity index is 0.904. The minimum atomic E-state index is -0.426. The van der Waals surface area contributed by atoms with Crippen LogP contribution in [0.25, 0.3) is 121 Å². The predicted octanol–water partition coefficient (Wildman–Crippen LogP) is 17.5. The smallest absolute Gasteiger partial charge is 0.136 e. The fourth-order valence-corrected chi connectivity index (χ4v) is 12.9. The van der Waals surface area contributed by atoms with Gasteiger partial charge in [-0.1, -0.05) is 170 Å². The van der Waals surface area contributed by atoms with Gasteiger partial charge in [0, 0.05) is 49.3 Å². The normalized spacial score (nSPS) is 13.3. The van der Waals surface area contributed by atoms with Crippen LogP contribution in [0.1, 0.15) is 22.3 Å². The van der Waals surface area contributed by atoms with Gasteiger partial charge in [0.2, 0.25) is 0 Å². The number of rotatable bonds is 4. The van der Waals surface area contributed by atoms with Crippen LogP contribution in [0, 0.1) is 0 Å². The van der Waals surface area contributed by atoms with E-state index in [0.717, 1.165) is 50.0 Å². The van der Waals surface area contributed by atoms with Gasteiger partial charge in [-0.25, -0.2) is 0 Å². The van der Waals surface area contributed by atoms with Crippen molar-refractivity contribution in [3.8, 4) is 55.9 Å². The first-order valence-corrected chi connectivity index (χ1v) is 24.2. The second kappa shape index (κ2) is 13.9. The van der Waals surface area contributed by atoms with Crippen LogP contribution >= 0.6 is 0 Å². The summed E-state index contributed by atoms with van der Waals surface area (Å²) in [6.45, 7) is 0. The molecule has 0 amide bonds. The summed E-state index contributed by atoms with van der Waals surface area (Å²) in [4.78, 5) is 0. The molecule has 3 nitrogen and oxygen atoms in total. The van der Waals surface area contributed by atoms with Gasteiger partial charge in [0.25, 0.3) is 0 Å². The second-order valence-electron chi connectivity index (χ2n) is 19.1. The Labute approximate surface area is 403 Å². The van der Waals surface area contributed by atoms with Crippen molar-refractivity contribution in [3.05, 3.63) is 265 Å². The van der Waals surface area contributed by atoms with E-state index in [0.29, 0.717) is 0 Å². The van der Waals surface area contributed by atoms with Crippen LogP contribution in [0.15, 0.2) is 247 Å². The third-order valence-corrected chi connectivity index (χ3v) is 15.7. The first kappa shape index (κ1) is 37.9. The monoisotopic (exact) mass is 888 g/mol. The lowest BCUT2D eigenvalue weighted by Crippen LogP contribution is -2.25. The van der Waals surface area contributed by atoms with Crippen molar-refractivity contribution in [3.63, 3.8) is 0 Å². The largest absolute Gasteiger partial charge is 0.456 e. The molecule has 11 aromatic carbocycles. The number of hydrogen-bond acceptors (Lipinski definition) is 1. The van der Waals surface area contributed by atoms with Crippen LogP contribution in [-0.4, -0.2) is 9.13 Å². The molecule has 0 saturated carbocycles. The van der Waals surface area contributed by atoms with Crippen LogP contribution in [-0.2, 0) is 5.41 Å². The number of nitrogens with zero attached hydrogens (tertiary/aromatic N) is 2. The Morgan fingerprint density at radius 1 is 0.300 bits per heavy atom. The number of para-hydroxylation sites is 3. The van der Waals surface area contributed by atoms with E-state index in [4.69, 9.17) is 4.42 Å². The Kier molecular flexibility index (Phi) is 7.54. The fourth-order valence-electron chi connectivity index (χ4n) is 12.9. The molecule has 3 heteroatoms. The molecule has 14 aromatic rings. The Hall–Kier alpha value is -9.18. The Bertz CT molecular complexity index is 4480. The molecule has 70 heavy (non-hydrogen) atoms. The molecule has 0 fully saturated rings. The van der Waals surface area contributed by atoms with E-state index in [9.17, 15) is 0 Å². The summed E-state index contributed by atoms with van der Waals surface area (Å²) in [7, 11) is 0. The molecule has 0 radical (unpaired) electrons. The maximum atomic E-state index is 6.65. The highest BCUT2D eigenvalue weighted by atomic mass is 16.3. The summed E-state index contributed by atoms with van der Waals surface area (Å²) < 4.78 is 11.5. The van der Waals surface area contributed by atoms with Gasteiger partial charge in [0.05, 0.1) is 27.5 Å². The standard InChI is InChI=1S/C67H40N2O/c1-3-16-44(17-4-1)68-59-28-14-10-22-49(59)52-40-43(31-36-60(52)68)46-24-15-29-63-64(46)54-39-42(32-37-62(54)70-63)41-30-35-61-53(38-41)50-33-34-58-65(66(50)69(61)45-18-5-2-6-19-45)51-23-9-13-27-57(51)67(58)55-25-11-7-20-47(55)48-21-8-12-26-56(48)67/h1-40H. The Morgan fingerprint density at radius 3 is 1.57 bits per heavy atom. The van der Waals surface area contributed by atoms with Crippen LogP contribution in [0.5, 0.6) is 0 Å². The number of benzene rings is 11. The summed E-state index contributed by atoms with van der Waals surface area (Å²) in [5.74, 6) is 0. The topological polar surface area (TPSA) is 23.0 Å². The van der Waals surface area contributed by atoms with E-state index >= 15 is 0 Å². The van der Waals surface area contributed by atoms with Crippen LogP contribution in [0.3, 0.4) is 0 Å². The molecule has 324 valence electrons. The van der Waals surface area contributed by atoms with Gasteiger partial charge < -0.3 is 13.6 Å². The summed E-state index contributed by atoms with van der Waals surface area (Å²) >= 11 is 0. The van der Waals surface area contributed by atoms with Crippen LogP contribution in [0.2, 0.25) is 0 Å². The minimum absolute atomic E-state index is 0.426. The molecule has 16 rings (SSSR count). The van der Waals surface area contributed by atoms with Crippen molar-refractivity contribution < 1.29 is 4.42 Å². The van der Waals surface area contributed by atoms with Crippen molar-refractivity contribution >= 4 is 65.6 Å². The van der Waals surface area contributed by atoms with Gasteiger partial charge in [-0.3, -0.25) is 0 Å². The molecule has 0 aliphatic heterocycles. The lowest BCUT2D eigenvalue weighted by Gasteiger charge is -2.30. The molecule has 0 N–H and O–H groups in total. The average molecular weight is 889 g/mol. The number of fused-ring (bicyclic) bond motifs is 20. The van der Waals surface area contributed by atoms with E-state index in [-0.39, 0.29) is 0 Å². The lowest BCUT2D eigenvalue weighted by atomic mass is 9.70. The zero-order valence-corrected chi connectivity index (χ0v) is 37.9. The zero-order chi connectivity index (χ0) is 45.7. The van der Waals surface area contributed by atoms with Crippen LogP contribution in [0.4, 0.5) is 0 Å². The second-order valence-corrected chi connectivity index (χ2v) is 19.1. The third kappa shape index (κ3) is 4.88. The molecule has 2 aliphatic rings. The van der Waals surface area contributed by atoms with Crippen molar-refractivity contribution in [2.45, 2.75) is 5.41 Å². The van der Waals surface area contributed by atoms with E-state index in [2.05, 4.69) is 252 Å². The van der Waals surface area contributed by atoms with Gasteiger partial charge >= 0.3 is 0 Å². The first-order valence-electron chi connectivity index (χ1n) is 24.2. The third-order valence-electron chi connectivity index (χ3n) is 15.7. The van der Waals surface area contributed by atoms with Gasteiger partial charge in [-0.2, -0.15) is 0 Å². The van der Waals surface area contributed by atoms with E-state index in [1.54, 1.807) is 0 Å². The number of furan rings is 1. The molecule has 0 atom stereocenters. The van der Waals surface area contributed by atoms with Crippen LogP contribution < -0.4 is 0 Å². The van der Waals surface area contributed by atoms with E-state index in [1.807, 2.05) is 0 Å². The maximum Gasteiger partial charge on any atom is 0.136 e. The highest BCUT2D eigenvalue weighted by Crippen LogP contribution is 2.64. The predicted molar refractivity (Wildman–Crippen MR) is 290 cm³/mol. The molecule has 0 bridgehead atoms. The van der Waals surface area contributed by atoms with Gasteiger partial charge in [-0.05, 0) is 134 Å². The highest BCUT2D eigenvalue weighted by molar-refractivity contribution is 6.19. The minimum Gasteiger partial charge on any atom is -0.456 e.